The monoisotopic (exact) mass is 339 g/mol. The molecule has 0 saturated heterocycles. The van der Waals surface area contributed by atoms with E-state index in [0.717, 1.165) is 0 Å². The first-order valence-electron chi connectivity index (χ1n) is 4.98. The van der Waals surface area contributed by atoms with E-state index >= 15 is 0 Å². The molecule has 0 spiro atoms. The van der Waals surface area contributed by atoms with E-state index in [1.54, 1.807) is 19.6 Å². The number of carbonyl (C=O) groups excluding carboxylic acids is 3. The predicted molar refractivity (Wildman–Crippen MR) is 53.4 cm³/mol. The van der Waals surface area contributed by atoms with Crippen LogP contribution in [0, 0.1) is 0 Å². The van der Waals surface area contributed by atoms with Gasteiger partial charge in [0.1, 0.15) is 0 Å². The second-order valence-corrected chi connectivity index (χ2v) is 17.2. The summed E-state index contributed by atoms with van der Waals surface area (Å²) in [7, 11) is -2.54. The number of carbonyl (C=O) groups is 3. The normalized spacial score (nSPS) is 10.8. The molecule has 0 aromatic rings. The van der Waals surface area contributed by atoms with Crippen LogP contribution >= 0.6 is 0 Å². The minimum atomic E-state index is -5.44. The summed E-state index contributed by atoms with van der Waals surface area (Å²) in [6, 6.07) is 0. The molecule has 0 bridgehead atoms. The van der Waals surface area contributed by atoms with Crippen molar-refractivity contribution in [3.05, 3.63) is 0 Å². The Balaban J connectivity index is 5.29. The van der Waals surface area contributed by atoms with Gasteiger partial charge in [-0.15, -0.1) is 0 Å². The second-order valence-electron chi connectivity index (χ2n) is 4.57. The third kappa shape index (κ3) is 7.35. The van der Waals surface area contributed by atoms with E-state index < -0.39 is 42.7 Å². The summed E-state index contributed by atoms with van der Waals surface area (Å²) in [6.07, 6.45) is -6.51. The SMILES string of the molecule is C[Si](C)(C)[O][Zn]([NH]C(=O)F)([NH]C(=O)F)[NH]C(=O)F. The van der Waals surface area contributed by atoms with E-state index in [9.17, 15) is 27.6 Å². The maximum atomic E-state index is 12.4. The molecule has 0 aliphatic heterocycles. The van der Waals surface area contributed by atoms with Crippen LogP contribution < -0.4 is 12.2 Å². The van der Waals surface area contributed by atoms with Gasteiger partial charge in [0.15, 0.2) is 0 Å². The molecule has 102 valence electrons. The fourth-order valence-electron chi connectivity index (χ4n) is 1.48. The fraction of sp³-hybridized carbons (Fsp3) is 0.500. The number of rotatable bonds is 5. The molecule has 0 aromatic heterocycles. The molecule has 0 aliphatic carbocycles. The van der Waals surface area contributed by atoms with E-state index in [1.807, 2.05) is 0 Å². The summed E-state index contributed by atoms with van der Waals surface area (Å²) in [5, 5.41) is 0. The maximum absolute atomic E-state index is 12.4. The molecule has 0 saturated carbocycles. The number of hydrogen-bond donors (Lipinski definition) is 3. The Hall–Kier alpha value is -1.000. The van der Waals surface area contributed by atoms with Crippen molar-refractivity contribution < 1.29 is 46.7 Å². The molecule has 0 aliphatic rings. The Kier molecular flexibility index (Phi) is 5.90. The van der Waals surface area contributed by atoms with Crippen molar-refractivity contribution in [1.29, 1.82) is 0 Å². The molecule has 12 heteroatoms. The van der Waals surface area contributed by atoms with E-state index in [0.29, 0.717) is 0 Å². The van der Waals surface area contributed by atoms with Crippen molar-refractivity contribution in [3.63, 3.8) is 0 Å². The molecule has 3 N–H and O–H groups in total. The van der Waals surface area contributed by atoms with Gasteiger partial charge in [0.25, 0.3) is 0 Å². The summed E-state index contributed by atoms with van der Waals surface area (Å²) >= 11 is -5.44. The predicted octanol–water partition coefficient (Wildman–Crippen LogP) is 1.69. The van der Waals surface area contributed by atoms with E-state index in [2.05, 4.69) is 0 Å². The third-order valence-electron chi connectivity index (χ3n) is 1.81. The molecule has 0 atom stereocenters. The summed E-state index contributed by atoms with van der Waals surface area (Å²) in [6.45, 7) is 4.67. The van der Waals surface area contributed by atoms with Gasteiger partial charge < -0.3 is 0 Å². The Morgan fingerprint density at radius 2 is 1.17 bits per heavy atom. The van der Waals surface area contributed by atoms with Crippen LogP contribution in [0.5, 0.6) is 0 Å². The number of nitrogens with one attached hydrogen (secondary N) is 3. The van der Waals surface area contributed by atoms with Crippen molar-refractivity contribution in [2.75, 3.05) is 0 Å². The van der Waals surface area contributed by atoms with Gasteiger partial charge in [-0.1, -0.05) is 0 Å². The van der Waals surface area contributed by atoms with Crippen LogP contribution in [-0.2, 0) is 19.1 Å². The standard InChI is InChI=1S/C3H9OSi.3CH2FNO.Zn/c1-5(2,3)4;3*2-1(3)4;/h1-3H3;3*(H2,3,4);/q-1;;;;+4/p-3. The zero-order valence-electron chi connectivity index (χ0n) is 9.97. The van der Waals surface area contributed by atoms with Crippen LogP contribution in [0.3, 0.4) is 0 Å². The van der Waals surface area contributed by atoms with Crippen LogP contribution in [0.1, 0.15) is 0 Å². The van der Waals surface area contributed by atoms with Gasteiger partial charge >= 0.3 is 105 Å². The average molecular weight is 341 g/mol. The van der Waals surface area contributed by atoms with Gasteiger partial charge in [0, 0.05) is 0 Å². The summed E-state index contributed by atoms with van der Waals surface area (Å²) in [4.78, 5) is 31.1. The van der Waals surface area contributed by atoms with Crippen molar-refractivity contribution >= 4 is 26.8 Å². The molecule has 3 amide bonds. The summed E-state index contributed by atoms with van der Waals surface area (Å²) in [5.41, 5.74) is 0. The van der Waals surface area contributed by atoms with Gasteiger partial charge in [-0.2, -0.15) is 0 Å². The quantitative estimate of drug-likeness (QED) is 0.403. The van der Waals surface area contributed by atoms with Crippen molar-refractivity contribution in [3.8, 4) is 0 Å². The topological polar surface area (TPSA) is 96.5 Å². The van der Waals surface area contributed by atoms with Gasteiger partial charge in [0.05, 0.1) is 0 Å². The van der Waals surface area contributed by atoms with Crippen molar-refractivity contribution in [1.82, 2.24) is 12.2 Å². The molecule has 0 rings (SSSR count). The van der Waals surface area contributed by atoms with Crippen LogP contribution in [-0.4, -0.2) is 26.8 Å². The minimum absolute atomic E-state index is 1.49. The molecule has 0 unspecified atom stereocenters. The first-order chi connectivity index (χ1) is 7.96. The molecule has 0 fully saturated rings. The van der Waals surface area contributed by atoms with Gasteiger partial charge in [-0.25, -0.2) is 0 Å². The number of hydrogen-bond acceptors (Lipinski definition) is 4. The Morgan fingerprint density at radius 3 is 1.33 bits per heavy atom. The summed E-state index contributed by atoms with van der Waals surface area (Å²) in [5.74, 6) is 0. The molecule has 18 heavy (non-hydrogen) atoms. The third-order valence-corrected chi connectivity index (χ3v) is 16.2. The van der Waals surface area contributed by atoms with Crippen LogP contribution in [0.25, 0.3) is 0 Å². The van der Waals surface area contributed by atoms with Crippen molar-refractivity contribution in [2.45, 2.75) is 19.6 Å². The first kappa shape index (κ1) is 17.0. The van der Waals surface area contributed by atoms with Gasteiger partial charge in [0.2, 0.25) is 0 Å². The van der Waals surface area contributed by atoms with Crippen LogP contribution in [0.15, 0.2) is 0 Å². The number of halogens is 3. The van der Waals surface area contributed by atoms with Crippen LogP contribution in [0.2, 0.25) is 19.6 Å². The van der Waals surface area contributed by atoms with Gasteiger partial charge in [-0.05, 0) is 0 Å². The molecule has 0 radical (unpaired) electrons. The second kappa shape index (κ2) is 6.25. The van der Waals surface area contributed by atoms with E-state index in [-0.39, 0.29) is 0 Å². The molecule has 7 nitrogen and oxygen atoms in total. The molecule has 0 aromatic carbocycles. The van der Waals surface area contributed by atoms with E-state index in [4.69, 9.17) is 3.25 Å². The van der Waals surface area contributed by atoms with Gasteiger partial charge in [-0.3, -0.25) is 0 Å². The van der Waals surface area contributed by atoms with Crippen molar-refractivity contribution in [2.24, 2.45) is 0 Å². The first-order valence-corrected chi connectivity index (χ1v) is 14.1. The van der Waals surface area contributed by atoms with E-state index in [1.165, 1.54) is 12.2 Å². The average Bonchev–Trinajstić information content (AvgIpc) is 1.92. The molecule has 0 heterocycles. The van der Waals surface area contributed by atoms with Crippen LogP contribution in [0.4, 0.5) is 27.6 Å². The Labute approximate surface area is 106 Å². The summed E-state index contributed by atoms with van der Waals surface area (Å²) < 4.78 is 46.8. The number of amides is 3. The zero-order chi connectivity index (χ0) is 14.6. The zero-order valence-corrected chi connectivity index (χ0v) is 13.9. The molecular formula is C6H12F3N3O4SiZn. The molecular weight excluding hydrogens is 329 g/mol. The fourth-order valence-corrected chi connectivity index (χ4v) is 15.6. The Morgan fingerprint density at radius 1 is 0.889 bits per heavy atom. The Bertz CT molecular complexity index is 324.